The van der Waals surface area contributed by atoms with Crippen molar-refractivity contribution in [3.63, 3.8) is 0 Å². The number of allylic oxidation sites excluding steroid dienone is 1. The normalized spacial score (nSPS) is 12.8. The van der Waals surface area contributed by atoms with Gasteiger partial charge < -0.3 is 9.47 Å². The Kier molecular flexibility index (Phi) is 5.12. The zero-order valence-corrected chi connectivity index (χ0v) is 20.6. The fourth-order valence-corrected chi connectivity index (χ4v) is 6.18. The highest BCUT2D eigenvalue weighted by Gasteiger charge is 2.24. The average molecular weight is 503 g/mol. The summed E-state index contributed by atoms with van der Waals surface area (Å²) in [5, 5.41) is 1.77. The van der Waals surface area contributed by atoms with Gasteiger partial charge in [-0.15, -0.1) is 22.7 Å². The van der Waals surface area contributed by atoms with Gasteiger partial charge in [0.2, 0.25) is 0 Å². The van der Waals surface area contributed by atoms with E-state index < -0.39 is 0 Å². The van der Waals surface area contributed by atoms with Crippen molar-refractivity contribution in [2.75, 3.05) is 0 Å². The molecule has 0 saturated heterocycles. The van der Waals surface area contributed by atoms with Crippen molar-refractivity contribution in [2.24, 2.45) is 0 Å². The summed E-state index contributed by atoms with van der Waals surface area (Å²) in [7, 11) is 0. The maximum Gasteiger partial charge on any atom is 0.177 e. The molecular weight excluding hydrogens is 484 g/mol. The zero-order valence-electron chi connectivity index (χ0n) is 18.9. The minimum atomic E-state index is 0.619. The molecule has 6 heteroatoms. The van der Waals surface area contributed by atoms with Gasteiger partial charge in [-0.25, -0.2) is 9.97 Å². The lowest BCUT2D eigenvalue weighted by Crippen LogP contribution is -2.10. The van der Waals surface area contributed by atoms with Gasteiger partial charge in [0.25, 0.3) is 0 Å². The number of rotatable bonds is 4. The van der Waals surface area contributed by atoms with Crippen LogP contribution in [0.5, 0.6) is 11.5 Å². The molecule has 0 amide bonds. The lowest BCUT2D eigenvalue weighted by molar-refractivity contribution is 0.359. The summed E-state index contributed by atoms with van der Waals surface area (Å²) in [5.41, 5.74) is 3.77. The van der Waals surface area contributed by atoms with E-state index in [2.05, 4.69) is 12.1 Å². The van der Waals surface area contributed by atoms with E-state index in [0.29, 0.717) is 23.0 Å². The van der Waals surface area contributed by atoms with Gasteiger partial charge in [0.1, 0.15) is 10.0 Å². The average Bonchev–Trinajstić information content (AvgIpc) is 3.56. The van der Waals surface area contributed by atoms with Crippen LogP contribution >= 0.6 is 22.7 Å². The summed E-state index contributed by atoms with van der Waals surface area (Å²) in [6.07, 6.45) is 2.02. The Morgan fingerprint density at radius 3 is 1.72 bits per heavy atom. The number of fused-ring (bicyclic) bond motifs is 3. The van der Waals surface area contributed by atoms with Crippen molar-refractivity contribution in [1.29, 1.82) is 0 Å². The molecule has 3 heterocycles. The summed E-state index contributed by atoms with van der Waals surface area (Å²) in [4.78, 5) is 9.93. The Morgan fingerprint density at radius 2 is 1.11 bits per heavy atom. The van der Waals surface area contributed by atoms with Gasteiger partial charge in [0.15, 0.2) is 23.0 Å². The lowest BCUT2D eigenvalue weighted by atomic mass is 10.1. The number of hydrogen-bond acceptors (Lipinski definition) is 6. The number of benzene rings is 4. The Hall–Kier alpha value is -4.26. The van der Waals surface area contributed by atoms with Gasteiger partial charge in [0, 0.05) is 5.56 Å². The molecule has 4 nitrogen and oxygen atoms in total. The molecule has 0 aliphatic carbocycles. The molecular formula is C30H18N2O2S2. The Morgan fingerprint density at radius 1 is 0.583 bits per heavy atom. The summed E-state index contributed by atoms with van der Waals surface area (Å²) in [5.74, 6) is 2.65. The number of para-hydroxylation sites is 4. The molecule has 1 aliphatic heterocycles. The maximum atomic E-state index is 6.45. The van der Waals surface area contributed by atoms with Crippen LogP contribution in [-0.4, -0.2) is 9.97 Å². The van der Waals surface area contributed by atoms with Crippen molar-refractivity contribution in [3.8, 4) is 11.5 Å². The molecule has 0 radical (unpaired) electrons. The molecule has 0 atom stereocenters. The van der Waals surface area contributed by atoms with Crippen molar-refractivity contribution in [1.82, 2.24) is 9.97 Å². The highest BCUT2D eigenvalue weighted by atomic mass is 32.1. The predicted molar refractivity (Wildman–Crippen MR) is 147 cm³/mol. The first-order valence-corrected chi connectivity index (χ1v) is 13.1. The molecule has 1 aliphatic rings. The maximum absolute atomic E-state index is 6.45. The number of nitrogens with zero attached hydrogens (tertiary/aromatic N) is 2. The summed E-state index contributed by atoms with van der Waals surface area (Å²) < 4.78 is 15.1. The number of hydrogen-bond donors (Lipinski definition) is 0. The second kappa shape index (κ2) is 8.75. The van der Waals surface area contributed by atoms with E-state index in [-0.39, 0.29) is 0 Å². The fourth-order valence-electron chi connectivity index (χ4n) is 4.15. The minimum absolute atomic E-state index is 0.619. The predicted octanol–water partition coefficient (Wildman–Crippen LogP) is 8.18. The van der Waals surface area contributed by atoms with Gasteiger partial charge in [-0.3, -0.25) is 0 Å². The third-order valence-corrected chi connectivity index (χ3v) is 8.00. The standard InChI is InChI=1S/C30H18N2O2S2/c1-2-10-19(11-3-1)28-25(33-23-14-6-7-15-24(23)34-28)18-20(29-31-21-12-4-8-16-26(21)35-29)30-32-22-13-5-9-17-27(22)36-30/h1-18H. The van der Waals surface area contributed by atoms with Crippen molar-refractivity contribution in [2.45, 2.75) is 0 Å². The molecule has 7 rings (SSSR count). The second-order valence-electron chi connectivity index (χ2n) is 8.24. The van der Waals surface area contributed by atoms with Crippen LogP contribution in [0.15, 0.2) is 115 Å². The summed E-state index contributed by atoms with van der Waals surface area (Å²) in [6.45, 7) is 0. The van der Waals surface area contributed by atoms with Gasteiger partial charge >= 0.3 is 0 Å². The molecule has 0 bridgehead atoms. The van der Waals surface area contributed by atoms with E-state index in [0.717, 1.165) is 41.6 Å². The molecule has 4 aromatic carbocycles. The molecule has 0 unspecified atom stereocenters. The topological polar surface area (TPSA) is 44.2 Å². The summed E-state index contributed by atoms with van der Waals surface area (Å²) >= 11 is 3.30. The van der Waals surface area contributed by atoms with Crippen LogP contribution < -0.4 is 9.47 Å². The van der Waals surface area contributed by atoms with E-state index in [1.54, 1.807) is 22.7 Å². The Labute approximate surface area is 215 Å². The van der Waals surface area contributed by atoms with E-state index >= 15 is 0 Å². The molecule has 0 fully saturated rings. The quantitative estimate of drug-likeness (QED) is 0.244. The van der Waals surface area contributed by atoms with Gasteiger partial charge in [-0.05, 0) is 42.5 Å². The Bertz CT molecular complexity index is 1660. The van der Waals surface area contributed by atoms with Gasteiger partial charge in [0.05, 0.1) is 26.0 Å². The van der Waals surface area contributed by atoms with Crippen LogP contribution in [0.2, 0.25) is 0 Å². The highest BCUT2D eigenvalue weighted by molar-refractivity contribution is 7.21. The molecule has 2 aromatic heterocycles. The van der Waals surface area contributed by atoms with Crippen LogP contribution in [-0.2, 0) is 0 Å². The largest absolute Gasteiger partial charge is 0.449 e. The van der Waals surface area contributed by atoms with E-state index in [9.17, 15) is 0 Å². The molecule has 36 heavy (non-hydrogen) atoms. The van der Waals surface area contributed by atoms with E-state index in [1.807, 2.05) is 97.1 Å². The van der Waals surface area contributed by atoms with E-state index in [1.165, 1.54) is 0 Å². The second-order valence-corrected chi connectivity index (χ2v) is 10.3. The first-order chi connectivity index (χ1) is 17.8. The van der Waals surface area contributed by atoms with Crippen molar-refractivity contribution < 1.29 is 9.47 Å². The van der Waals surface area contributed by atoms with Crippen LogP contribution in [0.25, 0.3) is 31.8 Å². The first kappa shape index (κ1) is 21.1. The number of aromatic nitrogens is 2. The lowest BCUT2D eigenvalue weighted by Gasteiger charge is -2.22. The molecule has 0 spiro atoms. The third-order valence-electron chi connectivity index (χ3n) is 5.86. The molecule has 0 saturated carbocycles. The highest BCUT2D eigenvalue weighted by Crippen LogP contribution is 2.41. The van der Waals surface area contributed by atoms with Crippen LogP contribution in [0.1, 0.15) is 15.6 Å². The molecule has 6 aromatic rings. The Balaban J connectivity index is 1.47. The van der Waals surface area contributed by atoms with Crippen LogP contribution in [0.3, 0.4) is 0 Å². The van der Waals surface area contributed by atoms with Gasteiger partial charge in [-0.1, -0.05) is 66.7 Å². The molecule has 0 N–H and O–H groups in total. The monoisotopic (exact) mass is 502 g/mol. The molecule has 172 valence electrons. The van der Waals surface area contributed by atoms with Crippen LogP contribution in [0, 0.1) is 0 Å². The van der Waals surface area contributed by atoms with Crippen molar-refractivity contribution >= 4 is 54.4 Å². The zero-order chi connectivity index (χ0) is 23.9. The third kappa shape index (κ3) is 3.77. The van der Waals surface area contributed by atoms with Crippen molar-refractivity contribution in [3.05, 3.63) is 131 Å². The fraction of sp³-hybridized carbons (Fsp3) is 0. The number of ether oxygens (including phenoxy) is 2. The first-order valence-electron chi connectivity index (χ1n) is 11.5. The SMILES string of the molecule is C(=C(c1nc2ccccc2s1)c1nc2ccccc2s1)C1=C(c2ccccc2)Oc2ccccc2O1. The summed E-state index contributed by atoms with van der Waals surface area (Å²) in [6, 6.07) is 34.1. The minimum Gasteiger partial charge on any atom is -0.449 e. The van der Waals surface area contributed by atoms with E-state index in [4.69, 9.17) is 19.4 Å². The van der Waals surface area contributed by atoms with Crippen LogP contribution in [0.4, 0.5) is 0 Å². The smallest absolute Gasteiger partial charge is 0.177 e. The van der Waals surface area contributed by atoms with Gasteiger partial charge in [-0.2, -0.15) is 0 Å². The number of thiazole rings is 2.